The van der Waals surface area contributed by atoms with Gasteiger partial charge in [0.25, 0.3) is 0 Å². The van der Waals surface area contributed by atoms with E-state index in [9.17, 15) is 0 Å². The van der Waals surface area contributed by atoms with Gasteiger partial charge >= 0.3 is 0 Å². The fourth-order valence-corrected chi connectivity index (χ4v) is 0.415. The van der Waals surface area contributed by atoms with Gasteiger partial charge in [0.15, 0.2) is 0 Å². The molecule has 0 aliphatic heterocycles. The highest BCUT2D eigenvalue weighted by molar-refractivity contribution is 7.63. The average molecular weight is 106 g/mol. The van der Waals surface area contributed by atoms with E-state index in [2.05, 4.69) is 20.7 Å². The molecule has 0 fully saturated rings. The molecule has 0 rings (SSSR count). The zero-order chi connectivity index (χ0) is 7.11. The normalized spacial score (nSPS) is 7.33. The van der Waals surface area contributed by atoms with E-state index in [1.165, 1.54) is 7.06 Å². The molecule has 7 heteroatoms. The largest absolute Gasteiger partial charge is 0.0937 e. The molecule has 0 saturated heterocycles. The van der Waals surface area contributed by atoms with Crippen LogP contribution in [0.4, 0.5) is 0 Å². The topological polar surface area (TPSA) is 0 Å². The molecule has 0 aliphatic carbocycles. The monoisotopic (exact) mass is 107 g/mol. The Morgan fingerprint density at radius 2 is 1.78 bits per heavy atom. The summed E-state index contributed by atoms with van der Waals surface area (Å²) < 4.78 is 0. The Morgan fingerprint density at radius 3 is 2.22 bits per heavy atom. The second kappa shape index (κ2) is 6.57. The highest BCUT2D eigenvalue weighted by atomic mass is 13.1. The molecule has 0 aromatic heterocycles. The SMILES string of the molecule is [B][B][B][B][B][B]B(C)C. The summed E-state index contributed by atoms with van der Waals surface area (Å²) in [5.74, 6) is 0. The predicted molar refractivity (Wildman–Crippen MR) is 52.0 cm³/mol. The maximum atomic E-state index is 5.10. The van der Waals surface area contributed by atoms with E-state index >= 15 is 0 Å². The third-order valence-corrected chi connectivity index (χ3v) is 0.829. The van der Waals surface area contributed by atoms with Gasteiger partial charge in [-0.05, 0) is 0 Å². The van der Waals surface area contributed by atoms with Crippen LogP contribution in [-0.2, 0) is 0 Å². The number of rotatable bonds is 5. The van der Waals surface area contributed by atoms with Crippen molar-refractivity contribution in [2.24, 2.45) is 0 Å². The summed E-state index contributed by atoms with van der Waals surface area (Å²) >= 11 is 0. The Morgan fingerprint density at radius 1 is 1.11 bits per heavy atom. The van der Waals surface area contributed by atoms with E-state index in [1.807, 2.05) is 14.1 Å². The molecule has 0 heterocycles. The van der Waals surface area contributed by atoms with Crippen LogP contribution >= 0.6 is 0 Å². The molecule has 0 saturated carbocycles. The summed E-state index contributed by atoms with van der Waals surface area (Å²) in [5, 5.41) is 0. The molecule has 7 radical (unpaired) electrons. The molecule has 0 atom stereocenters. The smallest absolute Gasteiger partial charge is 0.0835 e. The molecule has 0 bridgehead atoms. The van der Waals surface area contributed by atoms with Crippen LogP contribution in [0, 0.1) is 0 Å². The molecule has 9 heavy (non-hydrogen) atoms. The van der Waals surface area contributed by atoms with Crippen LogP contribution in [0.25, 0.3) is 0 Å². The standard InChI is InChI=1S/C2H6B7/c1-9(2)8-7-6-5-4-3/h1-2H3. The number of hydrogen-bond acceptors (Lipinski definition) is 0. The van der Waals surface area contributed by atoms with Crippen molar-refractivity contribution in [1.82, 2.24) is 0 Å². The van der Waals surface area contributed by atoms with Crippen LogP contribution < -0.4 is 0 Å². The van der Waals surface area contributed by atoms with Crippen molar-refractivity contribution in [1.29, 1.82) is 0 Å². The van der Waals surface area contributed by atoms with E-state index in [0.29, 0.717) is 6.60 Å². The first-order valence-corrected chi connectivity index (χ1v) is 3.15. The van der Waals surface area contributed by atoms with Crippen molar-refractivity contribution in [3.8, 4) is 0 Å². The Labute approximate surface area is 63.9 Å². The maximum absolute atomic E-state index is 5.10. The van der Waals surface area contributed by atoms with Gasteiger partial charge in [-0.3, -0.25) is 0 Å². The lowest BCUT2D eigenvalue weighted by Crippen LogP contribution is -2.29. The van der Waals surface area contributed by atoms with Crippen LogP contribution in [-0.4, -0.2) is 49.6 Å². The molecule has 0 spiro atoms. The maximum Gasteiger partial charge on any atom is 0.0835 e. The van der Waals surface area contributed by atoms with Crippen LogP contribution in [0.15, 0.2) is 0 Å². The molecule has 0 aliphatic rings. The average Bonchev–Trinajstić information content (AvgIpc) is 1.80. The predicted octanol–water partition coefficient (Wildman–Crippen LogP) is -1.50. The molecule has 0 nitrogen and oxygen atoms in total. The van der Waals surface area contributed by atoms with Gasteiger partial charge in [0.2, 0.25) is 0 Å². The van der Waals surface area contributed by atoms with Crippen molar-refractivity contribution in [2.45, 2.75) is 13.6 Å². The first kappa shape index (κ1) is 9.45. The zero-order valence-corrected chi connectivity index (χ0v) is 6.04. The van der Waals surface area contributed by atoms with Crippen molar-refractivity contribution < 1.29 is 0 Å². The van der Waals surface area contributed by atoms with Crippen LogP contribution in [0.2, 0.25) is 13.6 Å². The lowest BCUT2D eigenvalue weighted by atomic mass is 8.92. The summed E-state index contributed by atoms with van der Waals surface area (Å²) in [6.07, 6.45) is 0. The third kappa shape index (κ3) is 8.45. The van der Waals surface area contributed by atoms with Gasteiger partial charge in [-0.15, -0.1) is 0 Å². The quantitative estimate of drug-likeness (QED) is 0.295. The fraction of sp³-hybridized carbons (Fsp3) is 1.00. The van der Waals surface area contributed by atoms with E-state index in [-0.39, 0.29) is 0 Å². The summed E-state index contributed by atoms with van der Waals surface area (Å²) in [7, 11) is 14.4. The summed E-state index contributed by atoms with van der Waals surface area (Å²) in [6.45, 7) is 4.89. The summed E-state index contributed by atoms with van der Waals surface area (Å²) in [5.41, 5.74) is 0. The fourth-order valence-electron chi connectivity index (χ4n) is 0.415. The molecule has 0 unspecified atom stereocenters. The lowest BCUT2D eigenvalue weighted by molar-refractivity contribution is 2.10. The van der Waals surface area contributed by atoms with Crippen molar-refractivity contribution >= 4 is 49.6 Å². The minimum absolute atomic E-state index is 0.618. The molecule has 0 aromatic rings. The summed E-state index contributed by atoms with van der Waals surface area (Å²) in [4.78, 5) is 0. The molecular formula is C2H6B7. The highest BCUT2D eigenvalue weighted by Crippen LogP contribution is 1.71. The van der Waals surface area contributed by atoms with E-state index in [4.69, 9.17) is 7.74 Å². The Balaban J connectivity index is 2.75. The minimum atomic E-state index is 0.618. The first-order valence-electron chi connectivity index (χ1n) is 3.15. The van der Waals surface area contributed by atoms with Gasteiger partial charge in [-0.25, -0.2) is 0 Å². The molecule has 35 valence electrons. The zero-order valence-electron chi connectivity index (χ0n) is 6.04. The van der Waals surface area contributed by atoms with Gasteiger partial charge in [0, 0.05) is 43.0 Å². The lowest BCUT2D eigenvalue weighted by Gasteiger charge is -1.95. The van der Waals surface area contributed by atoms with Gasteiger partial charge in [0.1, 0.15) is 0 Å². The second-order valence-corrected chi connectivity index (χ2v) is 2.21. The first-order chi connectivity index (χ1) is 4.27. The van der Waals surface area contributed by atoms with Crippen molar-refractivity contribution in [2.75, 3.05) is 0 Å². The van der Waals surface area contributed by atoms with E-state index in [1.54, 1.807) is 7.06 Å². The Hall–Kier alpha value is 0.455. The highest BCUT2D eigenvalue weighted by Gasteiger charge is 1.98. The Kier molecular flexibility index (Phi) is 6.90. The van der Waals surface area contributed by atoms with E-state index in [0.717, 1.165) is 0 Å². The molecule has 0 amide bonds. The van der Waals surface area contributed by atoms with Gasteiger partial charge in [-0.2, -0.15) is 0 Å². The van der Waals surface area contributed by atoms with E-state index < -0.39 is 0 Å². The van der Waals surface area contributed by atoms with Gasteiger partial charge in [-0.1, -0.05) is 13.6 Å². The Bertz CT molecular complexity index is 52.9. The molecule has 0 N–H and O–H groups in total. The van der Waals surface area contributed by atoms with Gasteiger partial charge in [0.05, 0.1) is 6.60 Å². The van der Waals surface area contributed by atoms with Crippen LogP contribution in [0.5, 0.6) is 0 Å². The molecular weight excluding hydrogens is 99.7 g/mol. The molecule has 0 aromatic carbocycles. The van der Waals surface area contributed by atoms with Gasteiger partial charge < -0.3 is 0 Å². The minimum Gasteiger partial charge on any atom is -0.0937 e. The summed E-state index contributed by atoms with van der Waals surface area (Å²) in [6, 6.07) is 0. The number of hydrogen-bond donors (Lipinski definition) is 0. The second-order valence-electron chi connectivity index (χ2n) is 2.21. The third-order valence-electron chi connectivity index (χ3n) is 0.829. The van der Waals surface area contributed by atoms with Crippen molar-refractivity contribution in [3.63, 3.8) is 0 Å². The van der Waals surface area contributed by atoms with Crippen LogP contribution in [0.3, 0.4) is 0 Å². The van der Waals surface area contributed by atoms with Crippen LogP contribution in [0.1, 0.15) is 0 Å². The van der Waals surface area contributed by atoms with Crippen molar-refractivity contribution in [3.05, 3.63) is 0 Å².